The van der Waals surface area contributed by atoms with Crippen molar-refractivity contribution in [3.05, 3.63) is 29.8 Å². The van der Waals surface area contributed by atoms with Crippen LogP contribution < -0.4 is 10.1 Å². The number of alkyl halides is 3. The Bertz CT molecular complexity index is 396. The van der Waals surface area contributed by atoms with Gasteiger partial charge in [0.25, 0.3) is 0 Å². The number of methoxy groups -OCH3 is 1. The van der Waals surface area contributed by atoms with Crippen molar-refractivity contribution >= 4 is 0 Å². The van der Waals surface area contributed by atoms with E-state index in [0.29, 0.717) is 13.0 Å². The molecule has 6 heteroatoms. The van der Waals surface area contributed by atoms with Gasteiger partial charge in [0.1, 0.15) is 18.4 Å². The van der Waals surface area contributed by atoms with E-state index in [0.717, 1.165) is 0 Å². The number of para-hydroxylation sites is 1. The molecule has 1 atom stereocenters. The number of hydrogen-bond acceptors (Lipinski definition) is 3. The van der Waals surface area contributed by atoms with E-state index in [4.69, 9.17) is 9.47 Å². The predicted molar refractivity (Wildman–Crippen MR) is 70.9 cm³/mol. The number of hydrogen-bond donors (Lipinski definition) is 1. The molecule has 0 amide bonds. The molecule has 0 aromatic heterocycles. The second-order valence-electron chi connectivity index (χ2n) is 4.31. The van der Waals surface area contributed by atoms with Gasteiger partial charge in [0.15, 0.2) is 0 Å². The standard InChI is InChI=1S/C14H20F3NO2/c1-3-8-18-13(14(15,16)17)11-6-4-5-7-12(11)20-10-9-19-2/h4-7,13,18H,3,8-10H2,1-2H3. The summed E-state index contributed by atoms with van der Waals surface area (Å²) in [5.41, 5.74) is 0.101. The number of ether oxygens (including phenoxy) is 2. The maximum atomic E-state index is 13.2. The van der Waals surface area contributed by atoms with Crippen molar-refractivity contribution in [1.82, 2.24) is 5.32 Å². The van der Waals surface area contributed by atoms with Crippen LogP contribution >= 0.6 is 0 Å². The summed E-state index contributed by atoms with van der Waals surface area (Å²) in [4.78, 5) is 0. The summed E-state index contributed by atoms with van der Waals surface area (Å²) in [6, 6.07) is 4.48. The topological polar surface area (TPSA) is 30.5 Å². The van der Waals surface area contributed by atoms with Gasteiger partial charge in [-0.25, -0.2) is 0 Å². The van der Waals surface area contributed by atoms with Crippen LogP contribution in [0.25, 0.3) is 0 Å². The van der Waals surface area contributed by atoms with Crippen LogP contribution in [0.1, 0.15) is 24.9 Å². The Morgan fingerprint density at radius 1 is 1.20 bits per heavy atom. The molecule has 1 unspecified atom stereocenters. The van der Waals surface area contributed by atoms with Crippen molar-refractivity contribution in [3.63, 3.8) is 0 Å². The Balaban J connectivity index is 2.94. The quantitative estimate of drug-likeness (QED) is 0.745. The Labute approximate surface area is 117 Å². The number of halogens is 3. The van der Waals surface area contributed by atoms with Gasteiger partial charge < -0.3 is 14.8 Å². The van der Waals surface area contributed by atoms with Crippen LogP contribution in [0.3, 0.4) is 0 Å². The monoisotopic (exact) mass is 291 g/mol. The molecular weight excluding hydrogens is 271 g/mol. The molecule has 0 fully saturated rings. The molecule has 0 saturated heterocycles. The molecule has 1 rings (SSSR count). The largest absolute Gasteiger partial charge is 0.491 e. The van der Waals surface area contributed by atoms with Crippen LogP contribution in [0.2, 0.25) is 0 Å². The number of nitrogens with one attached hydrogen (secondary N) is 1. The second kappa shape index (κ2) is 8.11. The highest BCUT2D eigenvalue weighted by Gasteiger charge is 2.41. The van der Waals surface area contributed by atoms with Crippen molar-refractivity contribution in [1.29, 1.82) is 0 Å². The van der Waals surface area contributed by atoms with Crippen molar-refractivity contribution in [2.75, 3.05) is 26.9 Å². The molecule has 1 aromatic rings. The van der Waals surface area contributed by atoms with E-state index < -0.39 is 12.2 Å². The van der Waals surface area contributed by atoms with Gasteiger partial charge in [0.05, 0.1) is 6.61 Å². The first kappa shape index (κ1) is 16.8. The minimum absolute atomic E-state index is 0.101. The fourth-order valence-electron chi connectivity index (χ4n) is 1.78. The Morgan fingerprint density at radius 3 is 2.50 bits per heavy atom. The van der Waals surface area contributed by atoms with E-state index in [9.17, 15) is 13.2 Å². The van der Waals surface area contributed by atoms with Gasteiger partial charge in [0, 0.05) is 12.7 Å². The van der Waals surface area contributed by atoms with Gasteiger partial charge in [-0.3, -0.25) is 0 Å². The highest BCUT2D eigenvalue weighted by atomic mass is 19.4. The molecule has 20 heavy (non-hydrogen) atoms. The zero-order chi connectivity index (χ0) is 15.0. The normalized spacial score (nSPS) is 13.2. The van der Waals surface area contributed by atoms with Crippen molar-refractivity contribution in [2.24, 2.45) is 0 Å². The summed E-state index contributed by atoms with van der Waals surface area (Å²) < 4.78 is 49.7. The lowest BCUT2D eigenvalue weighted by atomic mass is 10.0. The van der Waals surface area contributed by atoms with Crippen molar-refractivity contribution in [2.45, 2.75) is 25.6 Å². The van der Waals surface area contributed by atoms with Crippen molar-refractivity contribution < 1.29 is 22.6 Å². The first-order valence-electron chi connectivity index (χ1n) is 6.51. The highest BCUT2D eigenvalue weighted by molar-refractivity contribution is 5.36. The maximum Gasteiger partial charge on any atom is 0.408 e. The lowest BCUT2D eigenvalue weighted by Crippen LogP contribution is -2.35. The van der Waals surface area contributed by atoms with Crippen LogP contribution in [0.15, 0.2) is 24.3 Å². The van der Waals surface area contributed by atoms with E-state index >= 15 is 0 Å². The van der Waals surface area contributed by atoms with E-state index in [2.05, 4.69) is 5.32 Å². The lowest BCUT2D eigenvalue weighted by molar-refractivity contribution is -0.158. The summed E-state index contributed by atoms with van der Waals surface area (Å²) in [5, 5.41) is 2.52. The lowest BCUT2D eigenvalue weighted by Gasteiger charge is -2.24. The molecule has 0 bridgehead atoms. The summed E-state index contributed by atoms with van der Waals surface area (Å²) >= 11 is 0. The fourth-order valence-corrected chi connectivity index (χ4v) is 1.78. The minimum Gasteiger partial charge on any atom is -0.491 e. The van der Waals surface area contributed by atoms with Crippen molar-refractivity contribution in [3.8, 4) is 5.75 Å². The molecule has 3 nitrogen and oxygen atoms in total. The van der Waals surface area contributed by atoms with E-state index in [1.54, 1.807) is 12.1 Å². The maximum absolute atomic E-state index is 13.2. The Hall–Kier alpha value is -1.27. The SMILES string of the molecule is CCCNC(c1ccccc1OCCOC)C(F)(F)F. The average Bonchev–Trinajstić information content (AvgIpc) is 2.39. The van der Waals surface area contributed by atoms with Gasteiger partial charge in [-0.1, -0.05) is 25.1 Å². The molecule has 1 aromatic carbocycles. The predicted octanol–water partition coefficient (Wildman–Crippen LogP) is 3.31. The number of benzene rings is 1. The molecule has 1 N–H and O–H groups in total. The molecule has 0 heterocycles. The zero-order valence-corrected chi connectivity index (χ0v) is 11.7. The third kappa shape index (κ3) is 5.02. The van der Waals surface area contributed by atoms with Crippen LogP contribution in [0, 0.1) is 0 Å². The van der Waals surface area contributed by atoms with Gasteiger partial charge in [-0.2, -0.15) is 13.2 Å². The molecule has 0 aliphatic carbocycles. The van der Waals surface area contributed by atoms with E-state index in [1.165, 1.54) is 19.2 Å². The molecular formula is C14H20F3NO2. The van der Waals surface area contributed by atoms with Crippen LogP contribution in [0.5, 0.6) is 5.75 Å². The van der Waals surface area contributed by atoms with Gasteiger partial charge in [0.2, 0.25) is 0 Å². The Kier molecular flexibility index (Phi) is 6.81. The summed E-state index contributed by atoms with van der Waals surface area (Å²) in [6.07, 6.45) is -3.74. The molecule has 0 aliphatic heterocycles. The molecule has 0 saturated carbocycles. The first-order chi connectivity index (χ1) is 9.50. The number of rotatable bonds is 8. The van der Waals surface area contributed by atoms with Crippen LogP contribution in [-0.2, 0) is 4.74 Å². The van der Waals surface area contributed by atoms with Gasteiger partial charge in [-0.05, 0) is 19.0 Å². The minimum atomic E-state index is -4.37. The zero-order valence-electron chi connectivity index (χ0n) is 11.7. The Morgan fingerprint density at radius 2 is 1.90 bits per heavy atom. The van der Waals surface area contributed by atoms with E-state index in [1.807, 2.05) is 6.92 Å². The summed E-state index contributed by atoms with van der Waals surface area (Å²) in [6.45, 7) is 2.65. The molecule has 0 radical (unpaired) electrons. The van der Waals surface area contributed by atoms with Gasteiger partial charge >= 0.3 is 6.18 Å². The molecule has 0 aliphatic rings. The molecule has 114 valence electrons. The van der Waals surface area contributed by atoms with Crippen LogP contribution in [-0.4, -0.2) is 33.0 Å². The second-order valence-corrected chi connectivity index (χ2v) is 4.31. The smallest absolute Gasteiger partial charge is 0.408 e. The summed E-state index contributed by atoms with van der Waals surface area (Å²) in [7, 11) is 1.51. The first-order valence-corrected chi connectivity index (χ1v) is 6.51. The van der Waals surface area contributed by atoms with Gasteiger partial charge in [-0.15, -0.1) is 0 Å². The van der Waals surface area contributed by atoms with Crippen LogP contribution in [0.4, 0.5) is 13.2 Å². The third-order valence-corrected chi connectivity index (χ3v) is 2.70. The fraction of sp³-hybridized carbons (Fsp3) is 0.571. The highest BCUT2D eigenvalue weighted by Crippen LogP contribution is 2.37. The molecule has 0 spiro atoms. The summed E-state index contributed by atoms with van der Waals surface area (Å²) in [5.74, 6) is 0.232. The average molecular weight is 291 g/mol. The van der Waals surface area contributed by atoms with E-state index in [-0.39, 0.29) is 24.5 Å². The third-order valence-electron chi connectivity index (χ3n) is 2.70.